The Bertz CT molecular complexity index is 702. The fraction of sp³-hybridized carbons (Fsp3) is 0.267. The summed E-state index contributed by atoms with van der Waals surface area (Å²) < 4.78 is 0. The van der Waals surface area contributed by atoms with Crippen LogP contribution in [0.15, 0.2) is 41.3 Å². The molecule has 5 heteroatoms. The van der Waals surface area contributed by atoms with E-state index in [0.717, 1.165) is 18.5 Å². The molecule has 0 amide bonds. The highest BCUT2D eigenvalue weighted by Crippen LogP contribution is 2.23. The minimum atomic E-state index is -0.128. The number of nitriles is 1. The second-order valence-electron chi connectivity index (χ2n) is 4.91. The second-order valence-corrected chi connectivity index (χ2v) is 4.91. The first-order valence-electron chi connectivity index (χ1n) is 6.57. The van der Waals surface area contributed by atoms with Gasteiger partial charge in [-0.05, 0) is 12.0 Å². The summed E-state index contributed by atoms with van der Waals surface area (Å²) in [7, 11) is 0. The second kappa shape index (κ2) is 5.17. The van der Waals surface area contributed by atoms with Crippen LogP contribution in [-0.2, 0) is 0 Å². The third-order valence-electron chi connectivity index (χ3n) is 3.62. The summed E-state index contributed by atoms with van der Waals surface area (Å²) in [5, 5.41) is 8.86. The van der Waals surface area contributed by atoms with Crippen molar-refractivity contribution in [2.75, 3.05) is 13.1 Å². The summed E-state index contributed by atoms with van der Waals surface area (Å²) in [5.41, 5.74) is 1.30. The molecule has 1 atom stereocenters. The number of aromatic amines is 1. The minimum absolute atomic E-state index is 0.128. The maximum atomic E-state index is 12.2. The summed E-state index contributed by atoms with van der Waals surface area (Å²) in [6.07, 6.45) is 4.60. The Morgan fingerprint density at radius 1 is 1.35 bits per heavy atom. The monoisotopic (exact) mass is 266 g/mol. The van der Waals surface area contributed by atoms with Crippen LogP contribution in [-0.4, -0.2) is 28.0 Å². The molecule has 1 aromatic carbocycles. The first kappa shape index (κ1) is 12.4. The molecule has 0 bridgehead atoms. The Labute approximate surface area is 116 Å². The van der Waals surface area contributed by atoms with E-state index in [0.29, 0.717) is 17.9 Å². The number of likely N-dealkylation sites (tertiary alicyclic amines) is 1. The van der Waals surface area contributed by atoms with E-state index >= 15 is 0 Å². The van der Waals surface area contributed by atoms with Crippen LogP contribution < -0.4 is 5.56 Å². The van der Waals surface area contributed by atoms with Gasteiger partial charge in [-0.3, -0.25) is 4.79 Å². The standard InChI is InChI=1S/C15H14N4O/c16-10-19-7-6-12(9-19)14-17-8-13(15(20)18-14)11-4-2-1-3-5-11/h1-5,8,12H,6-7,9H2,(H,17,18,20). The van der Waals surface area contributed by atoms with Crippen LogP contribution in [0.1, 0.15) is 18.2 Å². The molecule has 100 valence electrons. The Hall–Kier alpha value is -2.61. The van der Waals surface area contributed by atoms with Crippen molar-refractivity contribution in [2.45, 2.75) is 12.3 Å². The van der Waals surface area contributed by atoms with Crippen LogP contribution in [0.2, 0.25) is 0 Å². The van der Waals surface area contributed by atoms with Crippen LogP contribution in [0.5, 0.6) is 0 Å². The van der Waals surface area contributed by atoms with E-state index in [1.807, 2.05) is 30.3 Å². The molecule has 1 aliphatic heterocycles. The lowest BCUT2D eigenvalue weighted by Gasteiger charge is -2.09. The zero-order valence-corrected chi connectivity index (χ0v) is 10.9. The molecule has 0 spiro atoms. The Morgan fingerprint density at radius 2 is 2.15 bits per heavy atom. The Kier molecular flexibility index (Phi) is 3.21. The molecule has 5 nitrogen and oxygen atoms in total. The molecule has 1 aliphatic rings. The van der Waals surface area contributed by atoms with Crippen molar-refractivity contribution in [2.24, 2.45) is 0 Å². The summed E-state index contributed by atoms with van der Waals surface area (Å²) >= 11 is 0. The van der Waals surface area contributed by atoms with E-state index in [1.165, 1.54) is 0 Å². The smallest absolute Gasteiger partial charge is 0.258 e. The number of H-pyrrole nitrogens is 1. The molecule has 1 fully saturated rings. The van der Waals surface area contributed by atoms with Crippen molar-refractivity contribution in [1.29, 1.82) is 5.26 Å². The van der Waals surface area contributed by atoms with E-state index in [9.17, 15) is 4.79 Å². The Balaban J connectivity index is 1.89. The third kappa shape index (κ3) is 2.28. The molecular formula is C15H14N4O. The molecule has 1 N–H and O–H groups in total. The largest absolute Gasteiger partial charge is 0.310 e. The highest BCUT2D eigenvalue weighted by Gasteiger charge is 2.25. The summed E-state index contributed by atoms with van der Waals surface area (Å²) in [6.45, 7) is 1.36. The van der Waals surface area contributed by atoms with Crippen LogP contribution in [0.3, 0.4) is 0 Å². The normalized spacial score (nSPS) is 17.9. The zero-order chi connectivity index (χ0) is 13.9. The van der Waals surface area contributed by atoms with Gasteiger partial charge in [0.1, 0.15) is 5.82 Å². The molecule has 0 saturated carbocycles. The summed E-state index contributed by atoms with van der Waals surface area (Å²) in [6, 6.07) is 9.47. The van der Waals surface area contributed by atoms with Gasteiger partial charge in [0.05, 0.1) is 5.56 Å². The van der Waals surface area contributed by atoms with Gasteiger partial charge in [0.15, 0.2) is 6.19 Å². The number of rotatable bonds is 2. The van der Waals surface area contributed by atoms with E-state index in [1.54, 1.807) is 11.1 Å². The van der Waals surface area contributed by atoms with Gasteiger partial charge in [0.2, 0.25) is 0 Å². The minimum Gasteiger partial charge on any atom is -0.310 e. The van der Waals surface area contributed by atoms with Crippen LogP contribution in [0.4, 0.5) is 0 Å². The van der Waals surface area contributed by atoms with Gasteiger partial charge in [0.25, 0.3) is 5.56 Å². The van der Waals surface area contributed by atoms with E-state index in [-0.39, 0.29) is 11.5 Å². The predicted octanol–water partition coefficient (Wildman–Crippen LogP) is 1.71. The van der Waals surface area contributed by atoms with Crippen LogP contribution in [0.25, 0.3) is 11.1 Å². The summed E-state index contributed by atoms with van der Waals surface area (Å²) in [5.74, 6) is 0.805. The molecule has 0 radical (unpaired) electrons. The predicted molar refractivity (Wildman–Crippen MR) is 74.8 cm³/mol. The number of nitrogens with zero attached hydrogens (tertiary/aromatic N) is 3. The SMILES string of the molecule is N#CN1CCC(c2ncc(-c3ccccc3)c(=O)[nH]2)C1. The van der Waals surface area contributed by atoms with Gasteiger partial charge >= 0.3 is 0 Å². The lowest BCUT2D eigenvalue weighted by molar-refractivity contribution is 0.476. The molecule has 1 unspecified atom stereocenters. The first-order chi connectivity index (χ1) is 9.78. The van der Waals surface area contributed by atoms with Crippen molar-refractivity contribution in [1.82, 2.24) is 14.9 Å². The van der Waals surface area contributed by atoms with Crippen molar-refractivity contribution >= 4 is 0 Å². The number of hydrogen-bond donors (Lipinski definition) is 1. The maximum Gasteiger partial charge on any atom is 0.258 e. The number of aromatic nitrogens is 2. The number of nitrogens with one attached hydrogen (secondary N) is 1. The zero-order valence-electron chi connectivity index (χ0n) is 10.9. The molecular weight excluding hydrogens is 252 g/mol. The number of benzene rings is 1. The average Bonchev–Trinajstić information content (AvgIpc) is 2.97. The van der Waals surface area contributed by atoms with Crippen LogP contribution >= 0.6 is 0 Å². The molecule has 20 heavy (non-hydrogen) atoms. The topological polar surface area (TPSA) is 72.8 Å². The lowest BCUT2D eigenvalue weighted by atomic mass is 10.1. The maximum absolute atomic E-state index is 12.2. The Morgan fingerprint density at radius 3 is 2.80 bits per heavy atom. The fourth-order valence-electron chi connectivity index (χ4n) is 2.51. The average molecular weight is 266 g/mol. The van der Waals surface area contributed by atoms with Gasteiger partial charge < -0.3 is 9.88 Å². The third-order valence-corrected chi connectivity index (χ3v) is 3.62. The van der Waals surface area contributed by atoms with Crippen LogP contribution in [0, 0.1) is 11.5 Å². The van der Waals surface area contributed by atoms with Crippen molar-refractivity contribution in [3.05, 3.63) is 52.7 Å². The van der Waals surface area contributed by atoms with E-state index in [4.69, 9.17) is 5.26 Å². The van der Waals surface area contributed by atoms with Gasteiger partial charge in [-0.15, -0.1) is 0 Å². The van der Waals surface area contributed by atoms with Crippen molar-refractivity contribution < 1.29 is 0 Å². The van der Waals surface area contributed by atoms with Crippen molar-refractivity contribution in [3.63, 3.8) is 0 Å². The van der Waals surface area contributed by atoms with Gasteiger partial charge in [-0.2, -0.15) is 5.26 Å². The van der Waals surface area contributed by atoms with Crippen molar-refractivity contribution in [3.8, 4) is 17.3 Å². The molecule has 1 saturated heterocycles. The fourth-order valence-corrected chi connectivity index (χ4v) is 2.51. The highest BCUT2D eigenvalue weighted by molar-refractivity contribution is 5.60. The van der Waals surface area contributed by atoms with Gasteiger partial charge in [-0.25, -0.2) is 4.98 Å². The molecule has 3 rings (SSSR count). The van der Waals surface area contributed by atoms with E-state index in [2.05, 4.69) is 16.2 Å². The molecule has 1 aromatic heterocycles. The lowest BCUT2D eigenvalue weighted by Crippen LogP contribution is -2.18. The van der Waals surface area contributed by atoms with Gasteiger partial charge in [0, 0.05) is 25.2 Å². The highest BCUT2D eigenvalue weighted by atomic mass is 16.1. The number of hydrogen-bond acceptors (Lipinski definition) is 4. The molecule has 2 aromatic rings. The van der Waals surface area contributed by atoms with Gasteiger partial charge in [-0.1, -0.05) is 30.3 Å². The summed E-state index contributed by atoms with van der Waals surface area (Å²) in [4.78, 5) is 21.1. The quantitative estimate of drug-likeness (QED) is 0.840. The molecule has 2 heterocycles. The first-order valence-corrected chi connectivity index (χ1v) is 6.57. The molecule has 0 aliphatic carbocycles. The van der Waals surface area contributed by atoms with E-state index < -0.39 is 0 Å².